The van der Waals surface area contributed by atoms with E-state index in [9.17, 15) is 9.18 Å². The molecule has 1 aromatic carbocycles. The van der Waals surface area contributed by atoms with Gasteiger partial charge >= 0.3 is 0 Å². The molecule has 5 heteroatoms. The highest BCUT2D eigenvalue weighted by Crippen LogP contribution is 2.17. The summed E-state index contributed by atoms with van der Waals surface area (Å²) in [5.41, 5.74) is 6.19. The van der Waals surface area contributed by atoms with Crippen molar-refractivity contribution in [2.75, 3.05) is 0 Å². The predicted octanol–water partition coefficient (Wildman–Crippen LogP) is 1.55. The summed E-state index contributed by atoms with van der Waals surface area (Å²) in [6.07, 6.45) is 0. The second kappa shape index (κ2) is 5.23. The first-order valence-electron chi connectivity index (χ1n) is 4.48. The Morgan fingerprint density at radius 1 is 1.67 bits per heavy atom. The van der Waals surface area contributed by atoms with E-state index < -0.39 is 6.04 Å². The van der Waals surface area contributed by atoms with Crippen LogP contribution >= 0.6 is 15.9 Å². The molecule has 1 amide bonds. The van der Waals surface area contributed by atoms with Crippen LogP contribution in [0.15, 0.2) is 22.7 Å². The molecule has 0 fully saturated rings. The van der Waals surface area contributed by atoms with Gasteiger partial charge in [-0.05, 0) is 24.6 Å². The van der Waals surface area contributed by atoms with Gasteiger partial charge in [-0.3, -0.25) is 4.79 Å². The minimum absolute atomic E-state index is 0.230. The number of hydrogen-bond donors (Lipinski definition) is 2. The molecular formula is C10H12BrFN2O. The van der Waals surface area contributed by atoms with Gasteiger partial charge < -0.3 is 11.1 Å². The first-order chi connectivity index (χ1) is 7.00. The molecule has 0 aromatic heterocycles. The maximum Gasteiger partial charge on any atom is 0.236 e. The molecule has 1 atom stereocenters. The van der Waals surface area contributed by atoms with Crippen molar-refractivity contribution in [1.82, 2.24) is 5.32 Å². The van der Waals surface area contributed by atoms with E-state index in [0.717, 1.165) is 5.56 Å². The number of nitrogens with two attached hydrogens (primary N) is 1. The van der Waals surface area contributed by atoms with E-state index in [4.69, 9.17) is 5.73 Å². The highest BCUT2D eigenvalue weighted by Gasteiger charge is 2.07. The number of halogens is 2. The van der Waals surface area contributed by atoms with Gasteiger partial charge in [0.2, 0.25) is 5.91 Å². The quantitative estimate of drug-likeness (QED) is 0.879. The van der Waals surface area contributed by atoms with Crippen LogP contribution in [-0.2, 0) is 11.3 Å². The van der Waals surface area contributed by atoms with Gasteiger partial charge in [0.1, 0.15) is 5.82 Å². The summed E-state index contributed by atoms with van der Waals surface area (Å²) in [6, 6.07) is 3.77. The van der Waals surface area contributed by atoms with Gasteiger partial charge in [-0.15, -0.1) is 0 Å². The van der Waals surface area contributed by atoms with E-state index in [0.29, 0.717) is 11.0 Å². The second-order valence-corrected chi connectivity index (χ2v) is 4.10. The Labute approximate surface area is 96.0 Å². The summed E-state index contributed by atoms with van der Waals surface area (Å²) in [5, 5.41) is 2.64. The highest BCUT2D eigenvalue weighted by atomic mass is 79.9. The molecule has 0 radical (unpaired) electrons. The maximum absolute atomic E-state index is 12.7. The van der Waals surface area contributed by atoms with Crippen LogP contribution in [0.5, 0.6) is 0 Å². The Bertz CT molecular complexity index is 368. The predicted molar refractivity (Wildman–Crippen MR) is 59.6 cm³/mol. The van der Waals surface area contributed by atoms with Crippen LogP contribution in [0.1, 0.15) is 12.5 Å². The Morgan fingerprint density at radius 3 is 2.87 bits per heavy atom. The number of nitrogens with one attached hydrogen (secondary N) is 1. The van der Waals surface area contributed by atoms with Crippen molar-refractivity contribution >= 4 is 21.8 Å². The van der Waals surface area contributed by atoms with Crippen LogP contribution in [0.3, 0.4) is 0 Å². The van der Waals surface area contributed by atoms with Gasteiger partial charge in [0, 0.05) is 11.0 Å². The van der Waals surface area contributed by atoms with Crippen LogP contribution in [0.25, 0.3) is 0 Å². The molecule has 0 aliphatic rings. The zero-order valence-electron chi connectivity index (χ0n) is 8.26. The summed E-state index contributed by atoms with van der Waals surface area (Å²) >= 11 is 3.21. The fourth-order valence-electron chi connectivity index (χ4n) is 1.01. The van der Waals surface area contributed by atoms with Gasteiger partial charge in [-0.1, -0.05) is 22.0 Å². The standard InChI is InChI=1S/C10H12BrFN2O/c1-6(13)10(15)14-5-7-2-3-8(12)4-9(7)11/h2-4,6H,5,13H2,1H3,(H,14,15). The Hall–Kier alpha value is -0.940. The molecule has 0 aliphatic carbocycles. The molecule has 1 unspecified atom stereocenters. The van der Waals surface area contributed by atoms with E-state index >= 15 is 0 Å². The van der Waals surface area contributed by atoms with Gasteiger partial charge in [0.15, 0.2) is 0 Å². The minimum Gasteiger partial charge on any atom is -0.351 e. The molecule has 3 nitrogen and oxygen atoms in total. The number of rotatable bonds is 3. The lowest BCUT2D eigenvalue weighted by molar-refractivity contribution is -0.122. The molecule has 82 valence electrons. The number of carbonyl (C=O) groups excluding carboxylic acids is 1. The summed E-state index contributed by atoms with van der Waals surface area (Å²) in [7, 11) is 0. The van der Waals surface area contributed by atoms with Crippen molar-refractivity contribution in [3.05, 3.63) is 34.1 Å². The molecule has 15 heavy (non-hydrogen) atoms. The monoisotopic (exact) mass is 274 g/mol. The first-order valence-corrected chi connectivity index (χ1v) is 5.27. The van der Waals surface area contributed by atoms with Crippen molar-refractivity contribution < 1.29 is 9.18 Å². The Morgan fingerprint density at radius 2 is 2.33 bits per heavy atom. The molecule has 0 spiro atoms. The molecule has 0 heterocycles. The van der Waals surface area contributed by atoms with Gasteiger partial charge in [-0.2, -0.15) is 0 Å². The van der Waals surface area contributed by atoms with Crippen LogP contribution in [0, 0.1) is 5.82 Å². The molecule has 1 aromatic rings. The Kier molecular flexibility index (Phi) is 4.23. The van der Waals surface area contributed by atoms with E-state index in [-0.39, 0.29) is 11.7 Å². The third-order valence-corrected chi connectivity index (χ3v) is 2.62. The van der Waals surface area contributed by atoms with Gasteiger partial charge in [0.05, 0.1) is 6.04 Å². The van der Waals surface area contributed by atoms with E-state index in [1.165, 1.54) is 12.1 Å². The topological polar surface area (TPSA) is 55.1 Å². The molecular weight excluding hydrogens is 263 g/mol. The second-order valence-electron chi connectivity index (χ2n) is 3.24. The van der Waals surface area contributed by atoms with E-state index in [1.807, 2.05) is 0 Å². The summed E-state index contributed by atoms with van der Waals surface area (Å²) < 4.78 is 13.4. The summed E-state index contributed by atoms with van der Waals surface area (Å²) in [4.78, 5) is 11.2. The normalized spacial score (nSPS) is 12.3. The zero-order chi connectivity index (χ0) is 11.4. The average molecular weight is 275 g/mol. The van der Waals surface area contributed by atoms with Crippen molar-refractivity contribution in [2.45, 2.75) is 19.5 Å². The number of amides is 1. The molecule has 3 N–H and O–H groups in total. The highest BCUT2D eigenvalue weighted by molar-refractivity contribution is 9.10. The smallest absolute Gasteiger partial charge is 0.236 e. The van der Waals surface area contributed by atoms with E-state index in [2.05, 4.69) is 21.2 Å². The number of benzene rings is 1. The molecule has 1 rings (SSSR count). The SMILES string of the molecule is CC(N)C(=O)NCc1ccc(F)cc1Br. The fraction of sp³-hybridized carbons (Fsp3) is 0.300. The first kappa shape index (κ1) is 12.1. The lowest BCUT2D eigenvalue weighted by Gasteiger charge is -2.09. The van der Waals surface area contributed by atoms with Crippen LogP contribution < -0.4 is 11.1 Å². The minimum atomic E-state index is -0.538. The maximum atomic E-state index is 12.7. The lowest BCUT2D eigenvalue weighted by Crippen LogP contribution is -2.37. The van der Waals surface area contributed by atoms with Crippen molar-refractivity contribution in [2.24, 2.45) is 5.73 Å². The van der Waals surface area contributed by atoms with Crippen molar-refractivity contribution in [3.63, 3.8) is 0 Å². The summed E-state index contributed by atoms with van der Waals surface area (Å²) in [6.45, 7) is 1.94. The van der Waals surface area contributed by atoms with Crippen molar-refractivity contribution in [1.29, 1.82) is 0 Å². The third-order valence-electron chi connectivity index (χ3n) is 1.88. The molecule has 0 bridgehead atoms. The number of hydrogen-bond acceptors (Lipinski definition) is 2. The third kappa shape index (κ3) is 3.60. The molecule has 0 saturated carbocycles. The molecule has 0 saturated heterocycles. The largest absolute Gasteiger partial charge is 0.351 e. The summed E-state index contributed by atoms with van der Waals surface area (Å²) in [5.74, 6) is -0.546. The van der Waals surface area contributed by atoms with Crippen LogP contribution in [0.2, 0.25) is 0 Å². The number of carbonyl (C=O) groups is 1. The van der Waals surface area contributed by atoms with Crippen LogP contribution in [0.4, 0.5) is 4.39 Å². The molecule has 0 aliphatic heterocycles. The average Bonchev–Trinajstić information content (AvgIpc) is 2.15. The van der Waals surface area contributed by atoms with E-state index in [1.54, 1.807) is 13.0 Å². The van der Waals surface area contributed by atoms with Gasteiger partial charge in [0.25, 0.3) is 0 Å². The lowest BCUT2D eigenvalue weighted by atomic mass is 10.2. The van der Waals surface area contributed by atoms with Crippen molar-refractivity contribution in [3.8, 4) is 0 Å². The Balaban J connectivity index is 2.62. The zero-order valence-corrected chi connectivity index (χ0v) is 9.84. The fourth-order valence-corrected chi connectivity index (χ4v) is 1.50. The van der Waals surface area contributed by atoms with Crippen LogP contribution in [-0.4, -0.2) is 11.9 Å². The van der Waals surface area contributed by atoms with Gasteiger partial charge in [-0.25, -0.2) is 4.39 Å².